The van der Waals surface area contributed by atoms with Gasteiger partial charge in [0.2, 0.25) is 0 Å². The first-order chi connectivity index (χ1) is 11.4. The number of rotatable bonds is 2. The van der Waals surface area contributed by atoms with Gasteiger partial charge in [-0.05, 0) is 46.1 Å². The van der Waals surface area contributed by atoms with E-state index >= 15 is 0 Å². The zero-order valence-electron chi connectivity index (χ0n) is 14.1. The lowest BCUT2D eigenvalue weighted by Crippen LogP contribution is -2.42. The Labute approximate surface area is 140 Å². The van der Waals surface area contributed by atoms with Crippen molar-refractivity contribution >= 4 is 6.09 Å². The number of ether oxygens (including phenoxy) is 1. The van der Waals surface area contributed by atoms with Crippen molar-refractivity contribution in [2.24, 2.45) is 0 Å². The summed E-state index contributed by atoms with van der Waals surface area (Å²) in [6, 6.07) is 1.51. The van der Waals surface area contributed by atoms with Gasteiger partial charge in [0.15, 0.2) is 5.82 Å². The molecular formula is C16H21N5O3. The summed E-state index contributed by atoms with van der Waals surface area (Å²) >= 11 is 0. The van der Waals surface area contributed by atoms with E-state index in [1.54, 1.807) is 23.4 Å². The number of aromatic nitrogens is 4. The van der Waals surface area contributed by atoms with Gasteiger partial charge in [-0.2, -0.15) is 15.2 Å². The summed E-state index contributed by atoms with van der Waals surface area (Å²) in [5, 5.41) is 11.6. The van der Waals surface area contributed by atoms with Crippen molar-refractivity contribution in [2.45, 2.75) is 51.7 Å². The summed E-state index contributed by atoms with van der Waals surface area (Å²) in [4.78, 5) is 18.6. The number of amides is 1. The van der Waals surface area contributed by atoms with E-state index < -0.39 is 5.60 Å². The van der Waals surface area contributed by atoms with E-state index in [4.69, 9.17) is 9.26 Å². The van der Waals surface area contributed by atoms with Crippen LogP contribution in [0.3, 0.4) is 0 Å². The molecule has 1 saturated heterocycles. The van der Waals surface area contributed by atoms with Crippen LogP contribution in [0.2, 0.25) is 0 Å². The van der Waals surface area contributed by atoms with Crippen LogP contribution in [0.1, 0.15) is 51.9 Å². The Hall–Kier alpha value is -2.51. The third-order valence-electron chi connectivity index (χ3n) is 3.70. The van der Waals surface area contributed by atoms with Crippen molar-refractivity contribution in [3.05, 3.63) is 24.3 Å². The van der Waals surface area contributed by atoms with Crippen molar-refractivity contribution in [2.75, 3.05) is 6.54 Å². The highest BCUT2D eigenvalue weighted by Crippen LogP contribution is 2.31. The summed E-state index contributed by atoms with van der Waals surface area (Å²) < 4.78 is 10.8. The van der Waals surface area contributed by atoms with Gasteiger partial charge in [-0.25, -0.2) is 4.79 Å². The normalized spacial score (nSPS) is 18.5. The average molecular weight is 331 g/mol. The van der Waals surface area contributed by atoms with Gasteiger partial charge in [-0.1, -0.05) is 5.16 Å². The van der Waals surface area contributed by atoms with E-state index in [1.807, 2.05) is 20.8 Å². The van der Waals surface area contributed by atoms with Crippen molar-refractivity contribution < 1.29 is 14.1 Å². The minimum atomic E-state index is -0.537. The van der Waals surface area contributed by atoms with Gasteiger partial charge in [-0.3, -0.25) is 4.90 Å². The van der Waals surface area contributed by atoms with Crippen molar-refractivity contribution in [3.63, 3.8) is 0 Å². The van der Waals surface area contributed by atoms with Gasteiger partial charge in [0, 0.05) is 6.54 Å². The molecule has 2 aromatic rings. The molecule has 0 spiro atoms. The zero-order chi connectivity index (χ0) is 17.2. The van der Waals surface area contributed by atoms with Crippen LogP contribution in [0.5, 0.6) is 0 Å². The van der Waals surface area contributed by atoms with E-state index in [2.05, 4.69) is 20.3 Å². The standard InChI is InChI=1S/C16H21N5O3/c1-16(2,3)23-15(22)21-9-5-4-6-12(21)13-19-14(24-20-13)11-7-8-17-18-10-11/h7-8,10,12H,4-6,9H2,1-3H3. The topological polar surface area (TPSA) is 94.2 Å². The van der Waals surface area contributed by atoms with Crippen LogP contribution < -0.4 is 0 Å². The molecule has 1 fully saturated rings. The fourth-order valence-electron chi connectivity index (χ4n) is 2.64. The van der Waals surface area contributed by atoms with Crippen LogP contribution in [0.4, 0.5) is 4.79 Å². The van der Waals surface area contributed by atoms with Gasteiger partial charge >= 0.3 is 6.09 Å². The highest BCUT2D eigenvalue weighted by molar-refractivity contribution is 5.68. The molecule has 8 heteroatoms. The Balaban J connectivity index is 1.81. The molecule has 3 rings (SSSR count). The number of hydrogen-bond donors (Lipinski definition) is 0. The van der Waals surface area contributed by atoms with Crippen LogP contribution in [0, 0.1) is 0 Å². The first-order valence-electron chi connectivity index (χ1n) is 8.04. The van der Waals surface area contributed by atoms with Crippen LogP contribution in [-0.2, 0) is 4.74 Å². The molecule has 1 amide bonds. The molecule has 128 valence electrons. The summed E-state index contributed by atoms with van der Waals surface area (Å²) in [6.07, 6.45) is 5.51. The second-order valence-corrected chi connectivity index (χ2v) is 6.77. The molecule has 0 aromatic carbocycles. The van der Waals surface area contributed by atoms with Crippen molar-refractivity contribution in [1.82, 2.24) is 25.2 Å². The lowest BCUT2D eigenvalue weighted by atomic mass is 10.0. The van der Waals surface area contributed by atoms with E-state index in [9.17, 15) is 4.79 Å². The highest BCUT2D eigenvalue weighted by atomic mass is 16.6. The summed E-state index contributed by atoms with van der Waals surface area (Å²) in [6.45, 7) is 6.19. The first kappa shape index (κ1) is 16.4. The second-order valence-electron chi connectivity index (χ2n) is 6.77. The van der Waals surface area contributed by atoms with Gasteiger partial charge in [0.05, 0.1) is 24.0 Å². The molecule has 1 aliphatic heterocycles. The molecule has 0 aliphatic carbocycles. The zero-order valence-corrected chi connectivity index (χ0v) is 14.1. The third kappa shape index (κ3) is 3.69. The van der Waals surface area contributed by atoms with Crippen LogP contribution >= 0.6 is 0 Å². The quantitative estimate of drug-likeness (QED) is 0.834. The molecule has 2 aromatic heterocycles. The minimum Gasteiger partial charge on any atom is -0.444 e. The third-order valence-corrected chi connectivity index (χ3v) is 3.70. The molecule has 1 atom stereocenters. The Morgan fingerprint density at radius 3 is 2.88 bits per heavy atom. The summed E-state index contributed by atoms with van der Waals surface area (Å²) in [5.74, 6) is 0.863. The van der Waals surface area contributed by atoms with E-state index in [0.717, 1.165) is 19.3 Å². The lowest BCUT2D eigenvalue weighted by molar-refractivity contribution is 0.00821. The molecule has 24 heavy (non-hydrogen) atoms. The van der Waals surface area contributed by atoms with Crippen LogP contribution in [-0.4, -0.2) is 43.5 Å². The lowest BCUT2D eigenvalue weighted by Gasteiger charge is -2.35. The molecule has 0 N–H and O–H groups in total. The number of piperidine rings is 1. The number of likely N-dealkylation sites (tertiary alicyclic amines) is 1. The van der Waals surface area contributed by atoms with E-state index in [0.29, 0.717) is 23.8 Å². The Bertz CT molecular complexity index is 695. The van der Waals surface area contributed by atoms with Gasteiger partial charge in [-0.15, -0.1) is 0 Å². The van der Waals surface area contributed by atoms with Crippen molar-refractivity contribution in [1.29, 1.82) is 0 Å². The fourth-order valence-corrected chi connectivity index (χ4v) is 2.64. The van der Waals surface area contributed by atoms with Crippen LogP contribution in [0.25, 0.3) is 11.5 Å². The maximum Gasteiger partial charge on any atom is 0.410 e. The Morgan fingerprint density at radius 2 is 2.17 bits per heavy atom. The Morgan fingerprint density at radius 1 is 1.33 bits per heavy atom. The number of hydrogen-bond acceptors (Lipinski definition) is 7. The molecular weight excluding hydrogens is 310 g/mol. The van der Waals surface area contributed by atoms with E-state index in [-0.39, 0.29) is 12.1 Å². The van der Waals surface area contributed by atoms with Gasteiger partial charge in [0.1, 0.15) is 5.60 Å². The van der Waals surface area contributed by atoms with Crippen LogP contribution in [0.15, 0.2) is 23.0 Å². The monoisotopic (exact) mass is 331 g/mol. The maximum absolute atomic E-state index is 12.5. The summed E-state index contributed by atoms with van der Waals surface area (Å²) in [7, 11) is 0. The fraction of sp³-hybridized carbons (Fsp3) is 0.562. The second kappa shape index (κ2) is 6.54. The molecule has 0 saturated carbocycles. The predicted molar refractivity (Wildman–Crippen MR) is 84.9 cm³/mol. The minimum absolute atomic E-state index is 0.235. The predicted octanol–water partition coefficient (Wildman–Crippen LogP) is 2.99. The number of nitrogens with zero attached hydrogens (tertiary/aromatic N) is 5. The molecule has 1 unspecified atom stereocenters. The first-order valence-corrected chi connectivity index (χ1v) is 8.04. The average Bonchev–Trinajstić information content (AvgIpc) is 3.04. The largest absolute Gasteiger partial charge is 0.444 e. The maximum atomic E-state index is 12.5. The number of carbonyl (C=O) groups excluding carboxylic acids is 1. The highest BCUT2D eigenvalue weighted by Gasteiger charge is 2.34. The Kier molecular flexibility index (Phi) is 4.46. The van der Waals surface area contributed by atoms with Gasteiger partial charge in [0.25, 0.3) is 5.89 Å². The SMILES string of the molecule is CC(C)(C)OC(=O)N1CCCCC1c1noc(-c2ccnnc2)n1. The van der Waals surface area contributed by atoms with E-state index in [1.165, 1.54) is 0 Å². The molecule has 8 nitrogen and oxygen atoms in total. The number of carbonyl (C=O) groups is 1. The molecule has 0 bridgehead atoms. The molecule has 0 radical (unpaired) electrons. The summed E-state index contributed by atoms with van der Waals surface area (Å²) in [5.41, 5.74) is 0.160. The molecule has 1 aliphatic rings. The van der Waals surface area contributed by atoms with Gasteiger partial charge < -0.3 is 9.26 Å². The molecule has 3 heterocycles. The van der Waals surface area contributed by atoms with Crippen molar-refractivity contribution in [3.8, 4) is 11.5 Å². The smallest absolute Gasteiger partial charge is 0.410 e.